The van der Waals surface area contributed by atoms with Gasteiger partial charge < -0.3 is 0 Å². The van der Waals surface area contributed by atoms with Gasteiger partial charge in [-0.1, -0.05) is 53.9 Å². The van der Waals surface area contributed by atoms with Crippen molar-refractivity contribution in [3.8, 4) is 0 Å². The van der Waals surface area contributed by atoms with Crippen LogP contribution in [0.5, 0.6) is 0 Å². The maximum absolute atomic E-state index is 2.56. The zero-order valence-electron chi connectivity index (χ0n) is 14.0. The summed E-state index contributed by atoms with van der Waals surface area (Å²) in [6.45, 7) is 12.4. The third-order valence-corrected chi connectivity index (χ3v) is 6.41. The summed E-state index contributed by atoms with van der Waals surface area (Å²) in [5.74, 6) is 4.87. The molecule has 0 spiro atoms. The molecule has 0 N–H and O–H groups in total. The Balaban J connectivity index is 1.92. The smallest absolute Gasteiger partial charge is 0.0298 e. The summed E-state index contributed by atoms with van der Waals surface area (Å²) in [6, 6.07) is 0. The van der Waals surface area contributed by atoms with Crippen LogP contribution in [-0.2, 0) is 0 Å². The van der Waals surface area contributed by atoms with Gasteiger partial charge in [-0.25, -0.2) is 0 Å². The molecule has 0 aromatic carbocycles. The second-order valence-corrected chi connectivity index (χ2v) is 8.80. The Bertz CT molecular complexity index is 280. The minimum Gasteiger partial charge on any atom is -0.0625 e. The molecule has 19 heavy (non-hydrogen) atoms. The normalized spacial score (nSPS) is 44.5. The van der Waals surface area contributed by atoms with Gasteiger partial charge in [0, 0.05) is 0 Å². The van der Waals surface area contributed by atoms with Crippen LogP contribution in [0.1, 0.15) is 86.0 Å². The standard InChI is InChI=1S/C19H36/c1-14(2)19(5)12-16(4)10-18(13-19)11-17-8-6-7-15(3)9-17/h14-18H,6-13H2,1-5H3. The zero-order valence-corrected chi connectivity index (χ0v) is 14.0. The average molecular weight is 264 g/mol. The van der Waals surface area contributed by atoms with Gasteiger partial charge in [-0.2, -0.15) is 0 Å². The van der Waals surface area contributed by atoms with Crippen LogP contribution in [0.3, 0.4) is 0 Å². The molecule has 0 nitrogen and oxygen atoms in total. The van der Waals surface area contributed by atoms with Gasteiger partial charge in [0.05, 0.1) is 0 Å². The van der Waals surface area contributed by atoms with Crippen LogP contribution >= 0.6 is 0 Å². The van der Waals surface area contributed by atoms with Crippen molar-refractivity contribution in [1.29, 1.82) is 0 Å². The topological polar surface area (TPSA) is 0 Å². The van der Waals surface area contributed by atoms with E-state index in [0.717, 1.165) is 29.6 Å². The molecule has 2 fully saturated rings. The van der Waals surface area contributed by atoms with E-state index in [9.17, 15) is 0 Å². The van der Waals surface area contributed by atoms with E-state index in [4.69, 9.17) is 0 Å². The van der Waals surface area contributed by atoms with Crippen molar-refractivity contribution < 1.29 is 0 Å². The molecule has 0 aliphatic heterocycles. The van der Waals surface area contributed by atoms with Gasteiger partial charge in [0.2, 0.25) is 0 Å². The van der Waals surface area contributed by atoms with Crippen LogP contribution in [0, 0.1) is 35.0 Å². The van der Waals surface area contributed by atoms with E-state index >= 15 is 0 Å². The largest absolute Gasteiger partial charge is 0.0625 e. The minimum atomic E-state index is 0.614. The molecule has 2 aliphatic rings. The maximum Gasteiger partial charge on any atom is -0.0298 e. The Morgan fingerprint density at radius 3 is 2.26 bits per heavy atom. The maximum atomic E-state index is 2.56. The van der Waals surface area contributed by atoms with Crippen molar-refractivity contribution in [3.05, 3.63) is 0 Å². The van der Waals surface area contributed by atoms with Crippen LogP contribution in [0.25, 0.3) is 0 Å². The Morgan fingerprint density at radius 1 is 0.947 bits per heavy atom. The highest BCUT2D eigenvalue weighted by molar-refractivity contribution is 4.89. The molecule has 112 valence electrons. The first-order valence-electron chi connectivity index (χ1n) is 8.89. The molecular weight excluding hydrogens is 228 g/mol. The van der Waals surface area contributed by atoms with Crippen LogP contribution < -0.4 is 0 Å². The lowest BCUT2D eigenvalue weighted by atomic mass is 9.60. The molecule has 2 aliphatic carbocycles. The lowest BCUT2D eigenvalue weighted by molar-refractivity contribution is 0.0528. The van der Waals surface area contributed by atoms with Crippen LogP contribution in [0.4, 0.5) is 0 Å². The van der Waals surface area contributed by atoms with Crippen LogP contribution in [0.15, 0.2) is 0 Å². The summed E-state index contributed by atoms with van der Waals surface area (Å²) in [4.78, 5) is 0. The summed E-state index contributed by atoms with van der Waals surface area (Å²) in [6.07, 6.45) is 12.0. The Kier molecular flexibility index (Phi) is 5.01. The van der Waals surface area contributed by atoms with Crippen LogP contribution in [0.2, 0.25) is 0 Å². The highest BCUT2D eigenvalue weighted by Gasteiger charge is 2.38. The second kappa shape index (κ2) is 6.19. The molecule has 0 saturated heterocycles. The summed E-state index contributed by atoms with van der Waals surface area (Å²) >= 11 is 0. The number of hydrogen-bond acceptors (Lipinski definition) is 0. The van der Waals surface area contributed by atoms with Gasteiger partial charge in [-0.15, -0.1) is 0 Å². The van der Waals surface area contributed by atoms with E-state index in [-0.39, 0.29) is 0 Å². The first-order chi connectivity index (χ1) is 8.89. The molecule has 0 heteroatoms. The zero-order chi connectivity index (χ0) is 14.0. The number of rotatable bonds is 3. The minimum absolute atomic E-state index is 0.614. The van der Waals surface area contributed by atoms with Crippen molar-refractivity contribution in [2.75, 3.05) is 0 Å². The Labute approximate surface area is 121 Å². The Morgan fingerprint density at radius 2 is 1.63 bits per heavy atom. The predicted molar refractivity (Wildman–Crippen MR) is 85.2 cm³/mol. The third kappa shape index (κ3) is 3.99. The van der Waals surface area contributed by atoms with Gasteiger partial charge >= 0.3 is 0 Å². The molecule has 0 heterocycles. The van der Waals surface area contributed by atoms with Gasteiger partial charge in [0.1, 0.15) is 0 Å². The fraction of sp³-hybridized carbons (Fsp3) is 1.00. The van der Waals surface area contributed by atoms with Crippen molar-refractivity contribution >= 4 is 0 Å². The SMILES string of the molecule is CC1CCCC(CC2CC(C)CC(C)(C(C)C)C2)C1. The van der Waals surface area contributed by atoms with E-state index in [1.54, 1.807) is 0 Å². The van der Waals surface area contributed by atoms with Gasteiger partial charge in [-0.3, -0.25) is 0 Å². The van der Waals surface area contributed by atoms with E-state index in [1.807, 2.05) is 0 Å². The molecule has 5 unspecified atom stereocenters. The first-order valence-corrected chi connectivity index (χ1v) is 8.89. The fourth-order valence-electron chi connectivity index (χ4n) is 5.17. The van der Waals surface area contributed by atoms with E-state index in [1.165, 1.54) is 51.4 Å². The lowest BCUT2D eigenvalue weighted by Crippen LogP contribution is -2.35. The molecule has 0 aromatic heterocycles. The predicted octanol–water partition coefficient (Wildman–Crippen LogP) is 6.30. The van der Waals surface area contributed by atoms with E-state index < -0.39 is 0 Å². The van der Waals surface area contributed by atoms with Crippen molar-refractivity contribution in [3.63, 3.8) is 0 Å². The fourth-order valence-corrected chi connectivity index (χ4v) is 5.17. The summed E-state index contributed by atoms with van der Waals surface area (Å²) in [5, 5.41) is 0. The van der Waals surface area contributed by atoms with Gasteiger partial charge in [-0.05, 0) is 67.1 Å². The first kappa shape index (κ1) is 15.4. The van der Waals surface area contributed by atoms with Crippen molar-refractivity contribution in [2.45, 2.75) is 86.0 Å². The lowest BCUT2D eigenvalue weighted by Gasteiger charge is -2.45. The average Bonchev–Trinajstić information content (AvgIpc) is 2.27. The molecule has 2 rings (SSSR count). The van der Waals surface area contributed by atoms with E-state index in [2.05, 4.69) is 34.6 Å². The molecule has 0 bridgehead atoms. The van der Waals surface area contributed by atoms with Crippen molar-refractivity contribution in [2.24, 2.45) is 35.0 Å². The Hall–Kier alpha value is 0. The summed E-state index contributed by atoms with van der Waals surface area (Å²) in [5.41, 5.74) is 0.614. The summed E-state index contributed by atoms with van der Waals surface area (Å²) in [7, 11) is 0. The molecule has 0 aromatic rings. The highest BCUT2D eigenvalue weighted by atomic mass is 14.4. The second-order valence-electron chi connectivity index (χ2n) is 8.80. The van der Waals surface area contributed by atoms with Crippen molar-refractivity contribution in [1.82, 2.24) is 0 Å². The molecular formula is C19H36. The molecule has 0 radical (unpaired) electrons. The van der Waals surface area contributed by atoms with Gasteiger partial charge in [0.15, 0.2) is 0 Å². The number of hydrogen-bond donors (Lipinski definition) is 0. The molecule has 5 atom stereocenters. The quantitative estimate of drug-likeness (QED) is 0.561. The molecule has 0 amide bonds. The van der Waals surface area contributed by atoms with Crippen LogP contribution in [-0.4, -0.2) is 0 Å². The summed E-state index contributed by atoms with van der Waals surface area (Å²) < 4.78 is 0. The third-order valence-electron chi connectivity index (χ3n) is 6.41. The monoisotopic (exact) mass is 264 g/mol. The molecule has 2 saturated carbocycles. The highest BCUT2D eigenvalue weighted by Crippen LogP contribution is 2.49. The van der Waals surface area contributed by atoms with Gasteiger partial charge in [0.25, 0.3) is 0 Å². The van der Waals surface area contributed by atoms with E-state index in [0.29, 0.717) is 5.41 Å².